The van der Waals surface area contributed by atoms with Gasteiger partial charge < -0.3 is 14.6 Å². The van der Waals surface area contributed by atoms with Gasteiger partial charge in [0.15, 0.2) is 0 Å². The first-order valence-corrected chi connectivity index (χ1v) is 8.88. The highest BCUT2D eigenvalue weighted by atomic mass is 32.2. The molecule has 3 rings (SSSR count). The van der Waals surface area contributed by atoms with E-state index < -0.39 is 0 Å². The van der Waals surface area contributed by atoms with E-state index in [-0.39, 0.29) is 12.0 Å². The van der Waals surface area contributed by atoms with Crippen molar-refractivity contribution in [3.8, 4) is 0 Å². The van der Waals surface area contributed by atoms with Crippen molar-refractivity contribution in [3.05, 3.63) is 35.5 Å². The number of benzene rings is 1. The molecule has 1 aromatic heterocycles. The van der Waals surface area contributed by atoms with Gasteiger partial charge in [-0.2, -0.15) is 0 Å². The number of nitrogens with one attached hydrogen (secondary N) is 1. The van der Waals surface area contributed by atoms with Crippen LogP contribution in [0.4, 0.5) is 0 Å². The van der Waals surface area contributed by atoms with Crippen LogP contribution in [0.2, 0.25) is 0 Å². The molecule has 0 saturated carbocycles. The van der Waals surface area contributed by atoms with Gasteiger partial charge in [-0.15, -0.1) is 11.8 Å². The van der Waals surface area contributed by atoms with Crippen LogP contribution in [-0.2, 0) is 22.5 Å². The number of fused-ring (bicyclic) bond motifs is 3. The molecule has 6 heteroatoms. The van der Waals surface area contributed by atoms with Crippen molar-refractivity contribution in [1.82, 2.24) is 9.88 Å². The molecule has 1 aliphatic rings. The fourth-order valence-electron chi connectivity index (χ4n) is 2.97. The number of ether oxygens (including phenoxy) is 1. The summed E-state index contributed by atoms with van der Waals surface area (Å²) in [6, 6.07) is 7.85. The Morgan fingerprint density at radius 2 is 2.27 bits per heavy atom. The number of thiocarbonyl (C=S) groups is 1. The van der Waals surface area contributed by atoms with Gasteiger partial charge in [0.05, 0.1) is 13.2 Å². The Morgan fingerprint density at radius 3 is 3.00 bits per heavy atom. The molecule has 0 fully saturated rings. The van der Waals surface area contributed by atoms with E-state index in [0.717, 1.165) is 15.5 Å². The van der Waals surface area contributed by atoms with Crippen LogP contribution < -0.4 is 0 Å². The van der Waals surface area contributed by atoms with Gasteiger partial charge >= 0.3 is 5.97 Å². The highest BCUT2D eigenvalue weighted by Crippen LogP contribution is 2.32. The Bertz CT molecular complexity index is 726. The number of carbonyl (C=O) groups is 1. The number of aromatic nitrogens is 1. The smallest absolute Gasteiger partial charge is 0.329 e. The predicted molar refractivity (Wildman–Crippen MR) is 94.1 cm³/mol. The van der Waals surface area contributed by atoms with Gasteiger partial charge in [-0.05, 0) is 24.8 Å². The molecule has 0 aliphatic carbocycles. The van der Waals surface area contributed by atoms with E-state index in [9.17, 15) is 4.79 Å². The minimum Gasteiger partial charge on any atom is -0.464 e. The van der Waals surface area contributed by atoms with Gasteiger partial charge in [0.25, 0.3) is 0 Å². The first kappa shape index (κ1) is 15.4. The number of carbonyl (C=O) groups excluding carboxylic acids is 1. The summed E-state index contributed by atoms with van der Waals surface area (Å²) in [5.74, 6) is -0.199. The number of aromatic amines is 1. The lowest BCUT2D eigenvalue weighted by Gasteiger charge is -2.35. The molecule has 2 heterocycles. The molecule has 4 nitrogen and oxygen atoms in total. The number of para-hydroxylation sites is 1. The SMILES string of the molecule is CCOC(=O)[C@H]1Cc2c([nH]c3ccccc23)CN1C(=S)SC. The van der Waals surface area contributed by atoms with Crippen molar-refractivity contribution < 1.29 is 9.53 Å². The molecular weight excluding hydrogens is 316 g/mol. The molecule has 1 N–H and O–H groups in total. The lowest BCUT2D eigenvalue weighted by molar-refractivity contribution is -0.148. The molecule has 0 bridgehead atoms. The third kappa shape index (κ3) is 2.61. The first-order valence-electron chi connectivity index (χ1n) is 7.25. The lowest BCUT2D eigenvalue weighted by Crippen LogP contribution is -2.47. The summed E-state index contributed by atoms with van der Waals surface area (Å²) < 4.78 is 5.97. The fraction of sp³-hybridized carbons (Fsp3) is 0.375. The summed E-state index contributed by atoms with van der Waals surface area (Å²) in [7, 11) is 0. The maximum Gasteiger partial charge on any atom is 0.329 e. The number of thioether (sulfide) groups is 1. The maximum atomic E-state index is 12.4. The summed E-state index contributed by atoms with van der Waals surface area (Å²) in [5.41, 5.74) is 3.44. The highest BCUT2D eigenvalue weighted by Gasteiger charge is 2.35. The normalized spacial score (nSPS) is 17.4. The molecule has 116 valence electrons. The number of nitrogens with zero attached hydrogens (tertiary/aromatic N) is 1. The first-order chi connectivity index (χ1) is 10.7. The van der Waals surface area contributed by atoms with Crippen molar-refractivity contribution in [1.29, 1.82) is 0 Å². The zero-order valence-electron chi connectivity index (χ0n) is 12.6. The number of esters is 1. The molecular formula is C16H18N2O2S2. The molecule has 22 heavy (non-hydrogen) atoms. The number of hydrogen-bond acceptors (Lipinski definition) is 4. The van der Waals surface area contributed by atoms with Crippen LogP contribution in [0, 0.1) is 0 Å². The molecule has 1 atom stereocenters. The van der Waals surface area contributed by atoms with Gasteiger partial charge in [0.2, 0.25) is 0 Å². The topological polar surface area (TPSA) is 45.3 Å². The lowest BCUT2D eigenvalue weighted by atomic mass is 9.97. The Hall–Kier alpha value is -1.53. The Labute approximate surface area is 139 Å². The van der Waals surface area contributed by atoms with Crippen molar-refractivity contribution in [2.75, 3.05) is 12.9 Å². The molecule has 0 saturated heterocycles. The molecule has 0 radical (unpaired) electrons. The average molecular weight is 334 g/mol. The number of rotatable bonds is 2. The molecule has 0 spiro atoms. The van der Waals surface area contributed by atoms with E-state index in [1.165, 1.54) is 22.7 Å². The minimum absolute atomic E-state index is 0.199. The zero-order valence-corrected chi connectivity index (χ0v) is 14.2. The quantitative estimate of drug-likeness (QED) is 0.675. The summed E-state index contributed by atoms with van der Waals surface area (Å²) in [6.45, 7) is 2.83. The van der Waals surface area contributed by atoms with E-state index in [2.05, 4.69) is 17.1 Å². The average Bonchev–Trinajstić information content (AvgIpc) is 2.90. The second-order valence-electron chi connectivity index (χ2n) is 5.20. The molecule has 1 aliphatic heterocycles. The molecule has 2 aromatic rings. The Balaban J connectivity index is 2.02. The minimum atomic E-state index is -0.341. The van der Waals surface area contributed by atoms with Crippen molar-refractivity contribution >= 4 is 45.2 Å². The van der Waals surface area contributed by atoms with Crippen LogP contribution in [0.25, 0.3) is 10.9 Å². The van der Waals surface area contributed by atoms with Gasteiger partial charge in [-0.25, -0.2) is 4.79 Å². The highest BCUT2D eigenvalue weighted by molar-refractivity contribution is 8.22. The number of H-pyrrole nitrogens is 1. The van der Waals surface area contributed by atoms with E-state index >= 15 is 0 Å². The summed E-state index contributed by atoms with van der Waals surface area (Å²) in [6.07, 6.45) is 2.56. The van der Waals surface area contributed by atoms with Crippen LogP contribution in [0.1, 0.15) is 18.2 Å². The zero-order chi connectivity index (χ0) is 15.7. The van der Waals surface area contributed by atoms with Crippen LogP contribution in [0.3, 0.4) is 0 Å². The van der Waals surface area contributed by atoms with Crippen molar-refractivity contribution in [2.24, 2.45) is 0 Å². The summed E-state index contributed by atoms with van der Waals surface area (Å²) in [4.78, 5) is 17.8. The van der Waals surface area contributed by atoms with Gasteiger partial charge in [-0.3, -0.25) is 0 Å². The van der Waals surface area contributed by atoms with Crippen molar-refractivity contribution in [3.63, 3.8) is 0 Å². The standard InChI is InChI=1S/C16H18N2O2S2/c1-3-20-15(19)14-8-11-10-6-4-5-7-12(10)17-13(11)9-18(14)16(21)22-2/h4-7,14,17H,3,8-9H2,1-2H3/t14-/m1/s1. The van der Waals surface area contributed by atoms with Crippen LogP contribution in [0.5, 0.6) is 0 Å². The van der Waals surface area contributed by atoms with Crippen LogP contribution >= 0.6 is 24.0 Å². The second kappa shape index (κ2) is 6.30. The Morgan fingerprint density at radius 1 is 1.50 bits per heavy atom. The largest absolute Gasteiger partial charge is 0.464 e. The maximum absolute atomic E-state index is 12.4. The van der Waals surface area contributed by atoms with Gasteiger partial charge in [-0.1, -0.05) is 30.4 Å². The molecule has 0 unspecified atom stereocenters. The molecule has 1 aromatic carbocycles. The summed E-state index contributed by atoms with van der Waals surface area (Å²) >= 11 is 6.92. The van der Waals surface area contributed by atoms with E-state index in [1.54, 1.807) is 0 Å². The monoisotopic (exact) mass is 334 g/mol. The van der Waals surface area contributed by atoms with Crippen molar-refractivity contribution in [2.45, 2.75) is 25.9 Å². The van der Waals surface area contributed by atoms with E-state index in [0.29, 0.717) is 19.6 Å². The third-order valence-electron chi connectivity index (χ3n) is 3.97. The van der Waals surface area contributed by atoms with Gasteiger partial charge in [0, 0.05) is 23.0 Å². The van der Waals surface area contributed by atoms with E-state index in [4.69, 9.17) is 17.0 Å². The van der Waals surface area contributed by atoms with Gasteiger partial charge in [0.1, 0.15) is 10.4 Å². The number of hydrogen-bond donors (Lipinski definition) is 1. The Kier molecular flexibility index (Phi) is 4.40. The van der Waals surface area contributed by atoms with Crippen LogP contribution in [-0.4, -0.2) is 39.1 Å². The van der Waals surface area contributed by atoms with E-state index in [1.807, 2.05) is 30.2 Å². The van der Waals surface area contributed by atoms with Crippen LogP contribution in [0.15, 0.2) is 24.3 Å². The fourth-order valence-corrected chi connectivity index (χ4v) is 3.58. The molecule has 0 amide bonds. The third-order valence-corrected chi connectivity index (χ3v) is 5.29. The predicted octanol–water partition coefficient (Wildman–Crippen LogP) is 3.11. The second-order valence-corrected chi connectivity index (χ2v) is 6.64. The summed E-state index contributed by atoms with van der Waals surface area (Å²) in [5, 5.41) is 1.18.